The Morgan fingerprint density at radius 2 is 1.64 bits per heavy atom. The van der Waals surface area contributed by atoms with Crippen LogP contribution in [0.15, 0.2) is 53.6 Å². The number of benzene rings is 2. The molecule has 1 fully saturated rings. The van der Waals surface area contributed by atoms with E-state index in [4.69, 9.17) is 10.5 Å². The molecule has 0 bridgehead atoms. The Morgan fingerprint density at radius 1 is 1.00 bits per heavy atom. The summed E-state index contributed by atoms with van der Waals surface area (Å²) in [6.07, 6.45) is 1.08. The number of amides is 1. The molecule has 5 rings (SSSR count). The average Bonchev–Trinajstić information content (AvgIpc) is 3.30. The zero-order valence-corrected chi connectivity index (χ0v) is 20.2. The lowest BCUT2D eigenvalue weighted by Gasteiger charge is -2.28. The Bertz CT molecular complexity index is 1510. The van der Waals surface area contributed by atoms with Gasteiger partial charge >= 0.3 is 0 Å². The molecule has 0 spiro atoms. The Labute approximate surface area is 206 Å². The predicted octanol–water partition coefficient (Wildman–Crippen LogP) is 2.18. The molecule has 1 aliphatic rings. The number of fused-ring (bicyclic) bond motifs is 1. The molecule has 4 aromatic rings. The van der Waals surface area contributed by atoms with E-state index in [0.717, 1.165) is 30.7 Å². The van der Waals surface area contributed by atoms with E-state index < -0.39 is 15.7 Å². The molecule has 1 aliphatic heterocycles. The Hall–Kier alpha value is -4.23. The van der Waals surface area contributed by atoms with Gasteiger partial charge < -0.3 is 26.0 Å². The minimum atomic E-state index is -3.64. The van der Waals surface area contributed by atoms with E-state index in [1.807, 2.05) is 24.3 Å². The van der Waals surface area contributed by atoms with Gasteiger partial charge in [0.2, 0.25) is 11.9 Å². The monoisotopic (exact) mass is 508 g/mol. The lowest BCUT2D eigenvalue weighted by molar-refractivity contribution is 0.1000. The second kappa shape index (κ2) is 9.43. The van der Waals surface area contributed by atoms with Crippen molar-refractivity contribution in [1.82, 2.24) is 20.2 Å². The van der Waals surface area contributed by atoms with Gasteiger partial charge in [-0.2, -0.15) is 15.1 Å². The van der Waals surface area contributed by atoms with Gasteiger partial charge in [-0.1, -0.05) is 0 Å². The minimum Gasteiger partial charge on any atom is -0.378 e. The number of aromatic amines is 1. The molecule has 2 aromatic heterocycles. The van der Waals surface area contributed by atoms with Crippen molar-refractivity contribution in [3.05, 3.63) is 54.1 Å². The third-order valence-corrected chi connectivity index (χ3v) is 6.72. The molecule has 0 aliphatic carbocycles. The summed E-state index contributed by atoms with van der Waals surface area (Å²) in [6, 6.07) is 14.2. The number of primary amides is 1. The number of nitrogens with two attached hydrogens (primary N) is 1. The second-order valence-corrected chi connectivity index (χ2v) is 10.2. The number of H-pyrrole nitrogens is 1. The standard InChI is InChI=1S/C23H24N8O4S/c1-36(33,34)22-18-20(25-15-4-2-14(3-5-15)19(24)32)27-23(28-21(18)29-30-22)26-16-6-8-17(9-7-16)31-10-12-35-13-11-31/h2-9H,10-13H2,1H3,(H2,24,32)(H3,25,26,27,28,29,30). The van der Waals surface area contributed by atoms with Crippen LogP contribution >= 0.6 is 0 Å². The van der Waals surface area contributed by atoms with E-state index in [1.54, 1.807) is 24.3 Å². The van der Waals surface area contributed by atoms with E-state index in [-0.39, 0.29) is 27.8 Å². The van der Waals surface area contributed by atoms with Gasteiger partial charge in [0.15, 0.2) is 20.5 Å². The fraction of sp³-hybridized carbons (Fsp3) is 0.217. The average molecular weight is 509 g/mol. The SMILES string of the molecule is CS(=O)(=O)c1[nH]nc2nc(Nc3ccc(N4CCOCC4)cc3)nc(Nc3ccc(C(N)=O)cc3)c12. The highest BCUT2D eigenvalue weighted by atomic mass is 32.2. The number of morpholine rings is 1. The maximum absolute atomic E-state index is 12.3. The molecule has 1 saturated heterocycles. The first-order valence-corrected chi connectivity index (χ1v) is 13.0. The first kappa shape index (κ1) is 23.5. The van der Waals surface area contributed by atoms with Crippen molar-refractivity contribution in [1.29, 1.82) is 0 Å². The molecule has 5 N–H and O–H groups in total. The Balaban J connectivity index is 1.48. The number of carbonyl (C=O) groups is 1. The maximum atomic E-state index is 12.3. The third-order valence-electron chi connectivity index (χ3n) is 5.68. The lowest BCUT2D eigenvalue weighted by atomic mass is 10.2. The highest BCUT2D eigenvalue weighted by Gasteiger charge is 2.22. The van der Waals surface area contributed by atoms with Gasteiger partial charge in [-0.3, -0.25) is 9.89 Å². The van der Waals surface area contributed by atoms with Crippen LogP contribution in [-0.2, 0) is 14.6 Å². The van der Waals surface area contributed by atoms with Crippen molar-refractivity contribution in [2.75, 3.05) is 48.1 Å². The van der Waals surface area contributed by atoms with Crippen LogP contribution in [0.3, 0.4) is 0 Å². The van der Waals surface area contributed by atoms with E-state index in [2.05, 4.69) is 35.7 Å². The van der Waals surface area contributed by atoms with Crippen LogP contribution in [0.4, 0.5) is 28.8 Å². The predicted molar refractivity (Wildman–Crippen MR) is 136 cm³/mol. The Morgan fingerprint density at radius 3 is 2.28 bits per heavy atom. The number of hydrogen-bond acceptors (Lipinski definition) is 10. The lowest BCUT2D eigenvalue weighted by Crippen LogP contribution is -2.36. The van der Waals surface area contributed by atoms with Gasteiger partial charge in [-0.15, -0.1) is 0 Å². The molecular weight excluding hydrogens is 484 g/mol. The summed E-state index contributed by atoms with van der Waals surface area (Å²) in [4.78, 5) is 22.6. The molecule has 3 heterocycles. The second-order valence-electron chi connectivity index (χ2n) is 8.26. The zero-order chi connectivity index (χ0) is 25.3. The summed E-state index contributed by atoms with van der Waals surface area (Å²) >= 11 is 0. The molecule has 0 atom stereocenters. The van der Waals surface area contributed by atoms with Crippen molar-refractivity contribution in [3.8, 4) is 0 Å². The fourth-order valence-corrected chi connectivity index (χ4v) is 4.64. The van der Waals surface area contributed by atoms with Gasteiger partial charge in [0, 0.05) is 42.0 Å². The highest BCUT2D eigenvalue weighted by Crippen LogP contribution is 2.30. The molecule has 0 radical (unpaired) electrons. The normalized spacial score (nSPS) is 14.1. The van der Waals surface area contributed by atoms with Gasteiger partial charge in [0.1, 0.15) is 11.2 Å². The molecule has 0 unspecified atom stereocenters. The summed E-state index contributed by atoms with van der Waals surface area (Å²) in [7, 11) is -3.64. The number of nitrogens with zero attached hydrogens (tertiary/aromatic N) is 4. The van der Waals surface area contributed by atoms with E-state index in [9.17, 15) is 13.2 Å². The van der Waals surface area contributed by atoms with Gasteiger partial charge in [0.05, 0.1) is 13.2 Å². The van der Waals surface area contributed by atoms with Gasteiger partial charge in [-0.25, -0.2) is 8.42 Å². The van der Waals surface area contributed by atoms with Crippen molar-refractivity contribution in [2.45, 2.75) is 5.03 Å². The van der Waals surface area contributed by atoms with Crippen LogP contribution in [0.25, 0.3) is 11.0 Å². The molecule has 1 amide bonds. The molecule has 13 heteroatoms. The number of rotatable bonds is 7. The van der Waals surface area contributed by atoms with Gasteiger partial charge in [-0.05, 0) is 48.5 Å². The number of hydrogen-bond donors (Lipinski definition) is 4. The van der Waals surface area contributed by atoms with Crippen LogP contribution in [0.1, 0.15) is 10.4 Å². The minimum absolute atomic E-state index is 0.102. The summed E-state index contributed by atoms with van der Waals surface area (Å²) in [5.41, 5.74) is 8.25. The maximum Gasteiger partial charge on any atom is 0.248 e. The summed E-state index contributed by atoms with van der Waals surface area (Å²) in [5.74, 6) is -0.0934. The number of sulfone groups is 1. The van der Waals surface area contributed by atoms with E-state index in [0.29, 0.717) is 24.5 Å². The van der Waals surface area contributed by atoms with Crippen molar-refractivity contribution in [2.24, 2.45) is 5.73 Å². The van der Waals surface area contributed by atoms with Crippen LogP contribution in [0, 0.1) is 0 Å². The third kappa shape index (κ3) is 4.92. The van der Waals surface area contributed by atoms with Crippen molar-refractivity contribution < 1.29 is 17.9 Å². The quantitative estimate of drug-likeness (QED) is 0.290. The number of ether oxygens (including phenoxy) is 1. The molecule has 36 heavy (non-hydrogen) atoms. The topological polar surface area (TPSA) is 168 Å². The fourth-order valence-electron chi connectivity index (χ4n) is 3.87. The smallest absolute Gasteiger partial charge is 0.248 e. The highest BCUT2D eigenvalue weighted by molar-refractivity contribution is 7.90. The summed E-state index contributed by atoms with van der Waals surface area (Å²) in [5, 5.41) is 13.0. The molecular formula is C23H24N8O4S. The number of aromatic nitrogens is 4. The largest absolute Gasteiger partial charge is 0.378 e. The summed E-state index contributed by atoms with van der Waals surface area (Å²) in [6.45, 7) is 3.08. The number of anilines is 5. The van der Waals surface area contributed by atoms with E-state index >= 15 is 0 Å². The first-order chi connectivity index (χ1) is 17.3. The molecule has 2 aromatic carbocycles. The first-order valence-electron chi connectivity index (χ1n) is 11.1. The molecule has 0 saturated carbocycles. The van der Waals surface area contributed by atoms with Crippen LogP contribution in [-0.4, -0.2) is 67.0 Å². The molecule has 186 valence electrons. The van der Waals surface area contributed by atoms with Crippen molar-refractivity contribution >= 4 is 55.6 Å². The van der Waals surface area contributed by atoms with Crippen LogP contribution < -0.4 is 21.3 Å². The zero-order valence-electron chi connectivity index (χ0n) is 19.4. The van der Waals surface area contributed by atoms with Crippen molar-refractivity contribution in [3.63, 3.8) is 0 Å². The Kier molecular flexibility index (Phi) is 6.16. The molecule has 12 nitrogen and oxygen atoms in total. The van der Waals surface area contributed by atoms with Crippen LogP contribution in [0.5, 0.6) is 0 Å². The number of nitrogens with one attached hydrogen (secondary N) is 3. The van der Waals surface area contributed by atoms with Crippen LogP contribution in [0.2, 0.25) is 0 Å². The number of carbonyl (C=O) groups excluding carboxylic acids is 1. The summed E-state index contributed by atoms with van der Waals surface area (Å²) < 4.78 is 30.1. The van der Waals surface area contributed by atoms with E-state index in [1.165, 1.54) is 0 Å². The van der Waals surface area contributed by atoms with Gasteiger partial charge in [0.25, 0.3) is 0 Å².